The normalized spacial score (nSPS) is 10.1. The van der Waals surface area contributed by atoms with Gasteiger partial charge in [0, 0.05) is 18.0 Å². The predicted molar refractivity (Wildman–Crippen MR) is 73.1 cm³/mol. The van der Waals surface area contributed by atoms with Crippen molar-refractivity contribution in [1.29, 1.82) is 0 Å². The lowest BCUT2D eigenvalue weighted by molar-refractivity contribution is 0.0952. The van der Waals surface area contributed by atoms with Gasteiger partial charge in [-0.05, 0) is 53.6 Å². The first-order chi connectivity index (χ1) is 7.65. The Morgan fingerprint density at radius 3 is 2.81 bits per heavy atom. The number of phenolic OH excluding ortho intramolecular Hbond substituents is 1. The summed E-state index contributed by atoms with van der Waals surface area (Å²) in [4.78, 5) is 11.6. The largest absolute Gasteiger partial charge is 0.507 e. The second-order valence-electron chi connectivity index (χ2n) is 3.32. The lowest BCUT2D eigenvalue weighted by atomic mass is 10.2. The Balaban J connectivity index is 2.50. The quantitative estimate of drug-likeness (QED) is 0.486. The summed E-state index contributed by atoms with van der Waals surface area (Å²) >= 11 is 7.53. The zero-order chi connectivity index (χ0) is 12.0. The van der Waals surface area contributed by atoms with Crippen LogP contribution in [0.5, 0.6) is 5.75 Å². The molecule has 0 aliphatic heterocycles. The summed E-state index contributed by atoms with van der Waals surface area (Å²) in [6.45, 7) is 0.609. The summed E-state index contributed by atoms with van der Waals surface area (Å²) in [5.74, 6) is 0.579. The molecule has 5 heteroatoms. The molecule has 1 rings (SSSR count). The van der Waals surface area contributed by atoms with Crippen LogP contribution in [0.1, 0.15) is 23.2 Å². The van der Waals surface area contributed by atoms with Crippen molar-refractivity contribution in [3.8, 4) is 5.75 Å². The molecular formula is C11H13ClINO2. The van der Waals surface area contributed by atoms with Gasteiger partial charge in [-0.15, -0.1) is 11.6 Å². The van der Waals surface area contributed by atoms with Gasteiger partial charge < -0.3 is 10.4 Å². The molecule has 0 unspecified atom stereocenters. The van der Waals surface area contributed by atoms with E-state index in [1.54, 1.807) is 12.1 Å². The fraction of sp³-hybridized carbons (Fsp3) is 0.364. The second-order valence-corrected chi connectivity index (χ2v) is 4.86. The summed E-state index contributed by atoms with van der Waals surface area (Å²) in [5, 5.41) is 12.2. The molecule has 0 fully saturated rings. The smallest absolute Gasteiger partial charge is 0.251 e. The molecule has 88 valence electrons. The molecule has 1 aromatic rings. The minimum absolute atomic E-state index is 0.133. The highest BCUT2D eigenvalue weighted by Crippen LogP contribution is 2.20. The zero-order valence-corrected chi connectivity index (χ0v) is 11.6. The summed E-state index contributed by atoms with van der Waals surface area (Å²) in [5.41, 5.74) is 0.476. The molecule has 3 nitrogen and oxygen atoms in total. The highest BCUT2D eigenvalue weighted by atomic mass is 127. The van der Waals surface area contributed by atoms with E-state index in [1.807, 2.05) is 22.6 Å². The number of carbonyl (C=O) groups is 1. The number of aromatic hydroxyl groups is 1. The highest BCUT2D eigenvalue weighted by Gasteiger charge is 2.07. The van der Waals surface area contributed by atoms with Crippen LogP contribution in [0.3, 0.4) is 0 Å². The number of hydrogen-bond donors (Lipinski definition) is 2. The van der Waals surface area contributed by atoms with Gasteiger partial charge in [0.05, 0.1) is 3.57 Å². The van der Waals surface area contributed by atoms with Crippen LogP contribution in [0.15, 0.2) is 18.2 Å². The lowest BCUT2D eigenvalue weighted by Crippen LogP contribution is -2.24. The highest BCUT2D eigenvalue weighted by molar-refractivity contribution is 14.1. The summed E-state index contributed by atoms with van der Waals surface area (Å²) < 4.78 is 0.733. The molecule has 2 N–H and O–H groups in total. The molecule has 0 aliphatic carbocycles. The second kappa shape index (κ2) is 6.96. The maximum Gasteiger partial charge on any atom is 0.251 e. The van der Waals surface area contributed by atoms with E-state index in [2.05, 4.69) is 5.32 Å². The number of carbonyl (C=O) groups excluding carboxylic acids is 1. The molecule has 0 saturated carbocycles. The first-order valence-corrected chi connectivity index (χ1v) is 6.59. The van der Waals surface area contributed by atoms with Crippen LogP contribution in [-0.4, -0.2) is 23.4 Å². The molecule has 16 heavy (non-hydrogen) atoms. The average molecular weight is 354 g/mol. The number of phenols is 1. The van der Waals surface area contributed by atoms with Gasteiger partial charge in [-0.2, -0.15) is 0 Å². The van der Waals surface area contributed by atoms with Crippen LogP contribution < -0.4 is 5.32 Å². The monoisotopic (exact) mass is 353 g/mol. The van der Waals surface area contributed by atoms with E-state index in [4.69, 9.17) is 11.6 Å². The molecular weight excluding hydrogens is 340 g/mol. The SMILES string of the molecule is O=C(NCCCCCl)c1ccc(I)c(O)c1. The Kier molecular flexibility index (Phi) is 5.90. The standard InChI is InChI=1S/C11H13ClINO2/c12-5-1-2-6-14-11(16)8-3-4-9(13)10(15)7-8/h3-4,7,15H,1-2,5-6H2,(H,14,16). The third-order valence-electron chi connectivity index (χ3n) is 2.05. The minimum Gasteiger partial charge on any atom is -0.507 e. The Labute approximate surface area is 113 Å². The Morgan fingerprint density at radius 2 is 2.19 bits per heavy atom. The average Bonchev–Trinajstić information content (AvgIpc) is 2.28. The van der Waals surface area contributed by atoms with Crippen molar-refractivity contribution in [2.24, 2.45) is 0 Å². The summed E-state index contributed by atoms with van der Waals surface area (Å²) in [6.07, 6.45) is 1.76. The van der Waals surface area contributed by atoms with E-state index in [1.165, 1.54) is 6.07 Å². The first-order valence-electron chi connectivity index (χ1n) is 4.98. The topological polar surface area (TPSA) is 49.3 Å². The molecule has 0 atom stereocenters. The van der Waals surface area contributed by atoms with E-state index in [0.29, 0.717) is 18.0 Å². The van der Waals surface area contributed by atoms with Crippen molar-refractivity contribution in [1.82, 2.24) is 5.32 Å². The number of unbranched alkanes of at least 4 members (excludes halogenated alkanes) is 1. The lowest BCUT2D eigenvalue weighted by Gasteiger charge is -2.05. The van der Waals surface area contributed by atoms with Crippen molar-refractivity contribution >= 4 is 40.1 Å². The maximum atomic E-state index is 11.6. The predicted octanol–water partition coefficient (Wildman–Crippen LogP) is 2.75. The molecule has 0 heterocycles. The third-order valence-corrected chi connectivity index (χ3v) is 3.23. The molecule has 1 aromatic carbocycles. The molecule has 0 saturated heterocycles. The number of benzene rings is 1. The number of amides is 1. The molecule has 0 bridgehead atoms. The van der Waals surface area contributed by atoms with Crippen LogP contribution in [0.25, 0.3) is 0 Å². The van der Waals surface area contributed by atoms with Gasteiger partial charge in [-0.1, -0.05) is 0 Å². The first kappa shape index (κ1) is 13.6. The van der Waals surface area contributed by atoms with E-state index in [0.717, 1.165) is 16.4 Å². The molecule has 0 spiro atoms. The van der Waals surface area contributed by atoms with E-state index in [9.17, 15) is 9.90 Å². The fourth-order valence-corrected chi connectivity index (χ4v) is 1.70. The number of halogens is 2. The molecule has 1 amide bonds. The van der Waals surface area contributed by atoms with Crippen LogP contribution in [0.2, 0.25) is 0 Å². The molecule has 0 aliphatic rings. The fourth-order valence-electron chi connectivity index (χ4n) is 1.18. The van der Waals surface area contributed by atoms with Gasteiger partial charge in [0.15, 0.2) is 0 Å². The zero-order valence-electron chi connectivity index (χ0n) is 8.67. The van der Waals surface area contributed by atoms with Gasteiger partial charge in [0.25, 0.3) is 5.91 Å². The number of hydrogen-bond acceptors (Lipinski definition) is 2. The van der Waals surface area contributed by atoms with Crippen LogP contribution in [0, 0.1) is 3.57 Å². The van der Waals surface area contributed by atoms with Crippen molar-refractivity contribution in [3.63, 3.8) is 0 Å². The molecule has 0 radical (unpaired) electrons. The number of nitrogens with one attached hydrogen (secondary N) is 1. The third kappa shape index (κ3) is 4.17. The maximum absolute atomic E-state index is 11.6. The van der Waals surface area contributed by atoms with Crippen LogP contribution in [-0.2, 0) is 0 Å². The number of rotatable bonds is 5. The van der Waals surface area contributed by atoms with Gasteiger partial charge in [0.2, 0.25) is 0 Å². The van der Waals surface area contributed by atoms with Crippen molar-refractivity contribution in [3.05, 3.63) is 27.3 Å². The van der Waals surface area contributed by atoms with Crippen LogP contribution in [0.4, 0.5) is 0 Å². The molecule has 0 aromatic heterocycles. The Morgan fingerprint density at radius 1 is 1.44 bits per heavy atom. The summed E-state index contributed by atoms with van der Waals surface area (Å²) in [7, 11) is 0. The van der Waals surface area contributed by atoms with Gasteiger partial charge in [-0.3, -0.25) is 4.79 Å². The van der Waals surface area contributed by atoms with Gasteiger partial charge >= 0.3 is 0 Å². The van der Waals surface area contributed by atoms with Crippen LogP contribution >= 0.6 is 34.2 Å². The summed E-state index contributed by atoms with van der Waals surface area (Å²) in [6, 6.07) is 4.88. The van der Waals surface area contributed by atoms with Gasteiger partial charge in [0.1, 0.15) is 5.75 Å². The number of alkyl halides is 1. The van der Waals surface area contributed by atoms with Crippen molar-refractivity contribution in [2.45, 2.75) is 12.8 Å². The van der Waals surface area contributed by atoms with E-state index >= 15 is 0 Å². The van der Waals surface area contributed by atoms with Gasteiger partial charge in [-0.25, -0.2) is 0 Å². The van der Waals surface area contributed by atoms with E-state index < -0.39 is 0 Å². The van der Waals surface area contributed by atoms with E-state index in [-0.39, 0.29) is 11.7 Å². The minimum atomic E-state index is -0.165. The Bertz CT molecular complexity index is 371. The van der Waals surface area contributed by atoms with Crippen molar-refractivity contribution in [2.75, 3.05) is 12.4 Å². The van der Waals surface area contributed by atoms with Crippen molar-refractivity contribution < 1.29 is 9.90 Å². The Hall–Kier alpha value is -0.490.